The van der Waals surface area contributed by atoms with E-state index >= 15 is 0 Å². The zero-order chi connectivity index (χ0) is 20.6. The fraction of sp³-hybridized carbons (Fsp3) is 0.444. The molecule has 0 aliphatic carbocycles. The first-order valence-electron chi connectivity index (χ1n) is 8.81. The van der Waals surface area contributed by atoms with Crippen molar-refractivity contribution in [1.29, 1.82) is 0 Å². The molecule has 2 saturated heterocycles. The second-order valence-corrected chi connectivity index (χ2v) is 6.93. The lowest BCUT2D eigenvalue weighted by molar-refractivity contribution is -0.134. The minimum Gasteiger partial charge on any atom is -0.496 e. The number of likely N-dealkylation sites (N-methyl/N-ethyl adjacent to an activating group) is 2. The van der Waals surface area contributed by atoms with E-state index in [9.17, 15) is 19.2 Å². The normalized spacial score (nSPS) is 18.6. The van der Waals surface area contributed by atoms with Crippen LogP contribution in [0.25, 0.3) is 0 Å². The van der Waals surface area contributed by atoms with Crippen molar-refractivity contribution in [3.05, 3.63) is 23.8 Å². The van der Waals surface area contributed by atoms with Gasteiger partial charge in [0.2, 0.25) is 0 Å². The van der Waals surface area contributed by atoms with Gasteiger partial charge in [0, 0.05) is 32.9 Å². The molecule has 0 atom stereocenters. The van der Waals surface area contributed by atoms with E-state index in [2.05, 4.69) is 5.32 Å². The third-order valence-electron chi connectivity index (χ3n) is 5.51. The maximum Gasteiger partial charge on any atom is 0.327 e. The molecule has 0 radical (unpaired) electrons. The lowest BCUT2D eigenvalue weighted by atomic mass is 9.86. The number of hydrogen-bond acceptors (Lipinski definition) is 5. The Bertz CT molecular complexity index is 847. The predicted octanol–water partition coefficient (Wildman–Crippen LogP) is 0.684. The van der Waals surface area contributed by atoms with Gasteiger partial charge in [0.15, 0.2) is 0 Å². The van der Waals surface area contributed by atoms with Crippen LogP contribution in [0.5, 0.6) is 5.75 Å². The number of rotatable bonds is 3. The summed E-state index contributed by atoms with van der Waals surface area (Å²) in [6.07, 6.45) is 0.724. The van der Waals surface area contributed by atoms with Gasteiger partial charge in [-0.3, -0.25) is 14.5 Å². The summed E-state index contributed by atoms with van der Waals surface area (Å²) in [4.78, 5) is 52.9. The van der Waals surface area contributed by atoms with Crippen molar-refractivity contribution in [3.8, 4) is 5.75 Å². The molecule has 10 heteroatoms. The van der Waals surface area contributed by atoms with E-state index in [1.54, 1.807) is 24.1 Å². The number of anilines is 1. The molecular formula is C18H23N5O5. The fourth-order valence-corrected chi connectivity index (χ4v) is 3.76. The number of amides is 6. The maximum absolute atomic E-state index is 12.6. The number of carbonyl (C=O) groups is 4. The summed E-state index contributed by atoms with van der Waals surface area (Å²) in [5.74, 6) is -0.576. The van der Waals surface area contributed by atoms with E-state index < -0.39 is 11.4 Å². The van der Waals surface area contributed by atoms with Gasteiger partial charge < -0.3 is 25.6 Å². The third-order valence-corrected chi connectivity index (χ3v) is 5.51. The van der Waals surface area contributed by atoms with Crippen LogP contribution < -0.4 is 15.8 Å². The SMILES string of the molecule is COc1ccc(NC(=O)N2CCC3(CC2)C(=O)N(C)C(=O)N3C)cc1C(N)=O. The zero-order valence-corrected chi connectivity index (χ0v) is 16.0. The number of piperidine rings is 1. The monoisotopic (exact) mass is 389 g/mol. The second kappa shape index (κ2) is 7.02. The molecule has 6 amide bonds. The van der Waals surface area contributed by atoms with Crippen LogP contribution in [-0.2, 0) is 4.79 Å². The minimum atomic E-state index is -0.887. The molecule has 0 saturated carbocycles. The van der Waals surface area contributed by atoms with E-state index in [-0.39, 0.29) is 23.5 Å². The topological polar surface area (TPSA) is 125 Å². The van der Waals surface area contributed by atoms with Gasteiger partial charge in [-0.2, -0.15) is 0 Å². The second-order valence-electron chi connectivity index (χ2n) is 6.93. The van der Waals surface area contributed by atoms with Gasteiger partial charge in [-0.25, -0.2) is 9.59 Å². The number of ether oxygens (including phenoxy) is 1. The van der Waals surface area contributed by atoms with Crippen LogP contribution in [0.15, 0.2) is 18.2 Å². The van der Waals surface area contributed by atoms with Gasteiger partial charge >= 0.3 is 12.1 Å². The van der Waals surface area contributed by atoms with Crippen molar-refractivity contribution < 1.29 is 23.9 Å². The van der Waals surface area contributed by atoms with Crippen molar-refractivity contribution in [2.75, 3.05) is 39.6 Å². The molecule has 28 heavy (non-hydrogen) atoms. The third kappa shape index (κ3) is 3.00. The van der Waals surface area contributed by atoms with Gasteiger partial charge in [-0.05, 0) is 31.0 Å². The fourth-order valence-electron chi connectivity index (χ4n) is 3.76. The van der Waals surface area contributed by atoms with Crippen molar-refractivity contribution in [2.45, 2.75) is 18.4 Å². The molecule has 2 fully saturated rings. The van der Waals surface area contributed by atoms with Crippen LogP contribution >= 0.6 is 0 Å². The van der Waals surface area contributed by atoms with Crippen LogP contribution in [0.4, 0.5) is 15.3 Å². The van der Waals surface area contributed by atoms with Crippen LogP contribution in [0.2, 0.25) is 0 Å². The summed E-state index contributed by atoms with van der Waals surface area (Å²) in [6.45, 7) is 0.643. The molecule has 0 unspecified atom stereocenters. The van der Waals surface area contributed by atoms with E-state index in [0.29, 0.717) is 37.4 Å². The van der Waals surface area contributed by atoms with Crippen LogP contribution in [0.3, 0.4) is 0 Å². The summed E-state index contributed by atoms with van der Waals surface area (Å²) >= 11 is 0. The molecule has 1 aromatic rings. The Morgan fingerprint density at radius 1 is 1.18 bits per heavy atom. The standard InChI is InChI=1S/C18H23N5O5/c1-21-15(25)18(22(2)17(21)27)6-8-23(9-7-18)16(26)20-11-4-5-13(28-3)12(10-11)14(19)24/h4-5,10H,6-9H2,1-3H3,(H2,19,24)(H,20,26). The lowest BCUT2D eigenvalue weighted by Gasteiger charge is -2.40. The molecule has 0 bridgehead atoms. The van der Waals surface area contributed by atoms with Gasteiger partial charge in [-0.1, -0.05) is 0 Å². The first-order valence-corrected chi connectivity index (χ1v) is 8.81. The first kappa shape index (κ1) is 19.5. The van der Waals surface area contributed by atoms with E-state index in [1.807, 2.05) is 0 Å². The number of primary amides is 1. The number of nitrogens with zero attached hydrogens (tertiary/aromatic N) is 3. The highest BCUT2D eigenvalue weighted by Gasteiger charge is 2.55. The highest BCUT2D eigenvalue weighted by atomic mass is 16.5. The van der Waals surface area contributed by atoms with Gasteiger partial charge in [0.1, 0.15) is 11.3 Å². The van der Waals surface area contributed by atoms with Gasteiger partial charge in [0.25, 0.3) is 11.8 Å². The van der Waals surface area contributed by atoms with Crippen LogP contribution in [-0.4, -0.2) is 78.4 Å². The number of urea groups is 2. The summed E-state index contributed by atoms with van der Waals surface area (Å²) in [7, 11) is 4.50. The molecule has 2 aliphatic heterocycles. The molecule has 10 nitrogen and oxygen atoms in total. The van der Waals surface area contributed by atoms with E-state index in [1.165, 1.54) is 25.1 Å². The number of carbonyl (C=O) groups excluding carboxylic acids is 4. The predicted molar refractivity (Wildman–Crippen MR) is 100.0 cm³/mol. The Kier molecular flexibility index (Phi) is 4.88. The number of nitrogens with two attached hydrogens (primary N) is 1. The Hall–Kier alpha value is -3.30. The van der Waals surface area contributed by atoms with Crippen molar-refractivity contribution in [2.24, 2.45) is 5.73 Å². The molecule has 0 aromatic heterocycles. The van der Waals surface area contributed by atoms with Crippen molar-refractivity contribution in [3.63, 3.8) is 0 Å². The number of benzene rings is 1. The summed E-state index contributed by atoms with van der Waals surface area (Å²) in [5.41, 5.74) is 5.02. The molecule has 2 aliphatic rings. The van der Waals surface area contributed by atoms with Crippen LogP contribution in [0.1, 0.15) is 23.2 Å². The Labute approximate surface area is 162 Å². The summed E-state index contributed by atoms with van der Waals surface area (Å²) < 4.78 is 5.08. The number of likely N-dealkylation sites (tertiary alicyclic amines) is 1. The smallest absolute Gasteiger partial charge is 0.327 e. The van der Waals surface area contributed by atoms with E-state index in [4.69, 9.17) is 10.5 Å². The average molecular weight is 389 g/mol. The Morgan fingerprint density at radius 2 is 1.82 bits per heavy atom. The van der Waals surface area contributed by atoms with Crippen molar-refractivity contribution in [1.82, 2.24) is 14.7 Å². The number of imide groups is 1. The molecule has 150 valence electrons. The molecule has 1 aromatic carbocycles. The molecule has 2 heterocycles. The van der Waals surface area contributed by atoms with Crippen LogP contribution in [0, 0.1) is 0 Å². The lowest BCUT2D eigenvalue weighted by Crippen LogP contribution is -2.56. The van der Waals surface area contributed by atoms with Gasteiger partial charge in [-0.15, -0.1) is 0 Å². The number of methoxy groups -OCH3 is 1. The molecule has 1 spiro atoms. The number of hydrogen-bond donors (Lipinski definition) is 2. The Balaban J connectivity index is 1.68. The summed E-state index contributed by atoms with van der Waals surface area (Å²) in [5, 5.41) is 2.72. The maximum atomic E-state index is 12.6. The summed E-state index contributed by atoms with van der Waals surface area (Å²) in [6, 6.07) is 3.92. The Morgan fingerprint density at radius 3 is 2.32 bits per heavy atom. The highest BCUT2D eigenvalue weighted by molar-refractivity contribution is 6.06. The highest BCUT2D eigenvalue weighted by Crippen LogP contribution is 2.35. The van der Waals surface area contributed by atoms with Crippen molar-refractivity contribution >= 4 is 29.6 Å². The minimum absolute atomic E-state index is 0.164. The van der Waals surface area contributed by atoms with E-state index in [0.717, 1.165) is 4.90 Å². The zero-order valence-electron chi connectivity index (χ0n) is 16.0. The largest absolute Gasteiger partial charge is 0.496 e. The molecule has 3 N–H and O–H groups in total. The van der Waals surface area contributed by atoms with Gasteiger partial charge in [0.05, 0.1) is 12.7 Å². The average Bonchev–Trinajstić information content (AvgIpc) is 2.84. The number of nitrogens with one attached hydrogen (secondary N) is 1. The molecular weight excluding hydrogens is 366 g/mol. The first-order chi connectivity index (χ1) is 13.2. The molecule has 3 rings (SSSR count). The quantitative estimate of drug-likeness (QED) is 0.736.